The third-order valence-electron chi connectivity index (χ3n) is 3.13. The van der Waals surface area contributed by atoms with Gasteiger partial charge in [-0.3, -0.25) is 0 Å². The summed E-state index contributed by atoms with van der Waals surface area (Å²) >= 11 is 1.62. The van der Waals surface area contributed by atoms with E-state index in [4.69, 9.17) is 4.74 Å². The molecule has 2 aromatic heterocycles. The van der Waals surface area contributed by atoms with Gasteiger partial charge in [0.25, 0.3) is 0 Å². The molecule has 1 N–H and O–H groups in total. The molecule has 0 saturated heterocycles. The van der Waals surface area contributed by atoms with Crippen LogP contribution in [0.5, 0.6) is 5.75 Å². The van der Waals surface area contributed by atoms with E-state index in [0.29, 0.717) is 0 Å². The van der Waals surface area contributed by atoms with Crippen LogP contribution in [0, 0.1) is 0 Å². The molecule has 0 atom stereocenters. The maximum absolute atomic E-state index is 5.28. The number of fused-ring (bicyclic) bond motifs is 1. The number of anilines is 1. The summed E-state index contributed by atoms with van der Waals surface area (Å²) in [6.07, 6.45) is 2.71. The van der Waals surface area contributed by atoms with Gasteiger partial charge in [-0.05, 0) is 23.6 Å². The average molecular weight is 285 g/mol. The lowest BCUT2D eigenvalue weighted by molar-refractivity contribution is 0.415. The number of rotatable bonds is 5. The van der Waals surface area contributed by atoms with E-state index in [1.165, 1.54) is 0 Å². The molecule has 0 aliphatic carbocycles. The van der Waals surface area contributed by atoms with Gasteiger partial charge in [0.15, 0.2) is 0 Å². The van der Waals surface area contributed by atoms with Crippen molar-refractivity contribution >= 4 is 27.9 Å². The Morgan fingerprint density at radius 1 is 1.25 bits per heavy atom. The van der Waals surface area contributed by atoms with E-state index in [-0.39, 0.29) is 0 Å². The van der Waals surface area contributed by atoms with Crippen molar-refractivity contribution in [3.05, 3.63) is 47.0 Å². The van der Waals surface area contributed by atoms with Gasteiger partial charge in [0, 0.05) is 29.9 Å². The number of hydrogen-bond donors (Lipinski definition) is 1. The molecule has 0 saturated carbocycles. The fourth-order valence-corrected chi connectivity index (χ4v) is 2.68. The topological polar surface area (TPSA) is 47.0 Å². The van der Waals surface area contributed by atoms with Crippen molar-refractivity contribution in [2.45, 2.75) is 6.42 Å². The molecule has 0 unspecified atom stereocenters. The predicted octanol–water partition coefficient (Wildman–Crippen LogP) is 3.35. The van der Waals surface area contributed by atoms with Gasteiger partial charge in [-0.25, -0.2) is 9.97 Å². The largest absolute Gasteiger partial charge is 0.497 e. The number of nitrogens with zero attached hydrogens (tertiary/aromatic N) is 2. The molecular weight excluding hydrogens is 270 g/mol. The highest BCUT2D eigenvalue weighted by atomic mass is 32.1. The quantitative estimate of drug-likeness (QED) is 0.781. The lowest BCUT2D eigenvalue weighted by Crippen LogP contribution is -2.06. The third kappa shape index (κ3) is 2.72. The lowest BCUT2D eigenvalue weighted by Gasteiger charge is -2.09. The lowest BCUT2D eigenvalue weighted by atomic mass is 10.1. The summed E-state index contributed by atoms with van der Waals surface area (Å²) < 4.78 is 5.28. The van der Waals surface area contributed by atoms with Crippen molar-refractivity contribution in [1.82, 2.24) is 9.97 Å². The number of nitrogens with one attached hydrogen (secondary N) is 1. The van der Waals surface area contributed by atoms with Crippen LogP contribution >= 0.6 is 11.3 Å². The van der Waals surface area contributed by atoms with Crippen LogP contribution in [0.25, 0.3) is 10.8 Å². The normalized spacial score (nSPS) is 10.7. The van der Waals surface area contributed by atoms with Crippen molar-refractivity contribution in [3.63, 3.8) is 0 Å². The monoisotopic (exact) mass is 285 g/mol. The van der Waals surface area contributed by atoms with E-state index in [1.54, 1.807) is 18.4 Å². The molecular formula is C15H15N3OS. The summed E-state index contributed by atoms with van der Waals surface area (Å²) in [4.78, 5) is 8.69. The Hall–Kier alpha value is -2.14. The molecule has 0 aliphatic heterocycles. The molecule has 4 nitrogen and oxygen atoms in total. The van der Waals surface area contributed by atoms with Crippen molar-refractivity contribution < 1.29 is 4.74 Å². The van der Waals surface area contributed by atoms with Crippen LogP contribution in [0.1, 0.15) is 5.69 Å². The summed E-state index contributed by atoms with van der Waals surface area (Å²) in [7, 11) is 1.67. The molecule has 3 rings (SSSR count). The predicted molar refractivity (Wildman–Crippen MR) is 82.6 cm³/mol. The van der Waals surface area contributed by atoms with Gasteiger partial charge in [-0.1, -0.05) is 6.07 Å². The second kappa shape index (κ2) is 5.88. The maximum Gasteiger partial charge on any atom is 0.133 e. The Morgan fingerprint density at radius 2 is 2.20 bits per heavy atom. The smallest absolute Gasteiger partial charge is 0.133 e. The number of pyridine rings is 1. The highest BCUT2D eigenvalue weighted by Crippen LogP contribution is 2.25. The van der Waals surface area contributed by atoms with Crippen LogP contribution in [0.2, 0.25) is 0 Å². The fourth-order valence-electron chi connectivity index (χ4n) is 2.09. The van der Waals surface area contributed by atoms with Crippen LogP contribution in [-0.2, 0) is 6.42 Å². The van der Waals surface area contributed by atoms with Crippen molar-refractivity contribution in [2.75, 3.05) is 19.0 Å². The van der Waals surface area contributed by atoms with E-state index >= 15 is 0 Å². The number of hydrogen-bond acceptors (Lipinski definition) is 5. The first-order chi connectivity index (χ1) is 9.86. The van der Waals surface area contributed by atoms with E-state index < -0.39 is 0 Å². The summed E-state index contributed by atoms with van der Waals surface area (Å²) in [6, 6.07) is 8.01. The van der Waals surface area contributed by atoms with E-state index in [9.17, 15) is 0 Å². The Balaban J connectivity index is 1.79. The molecule has 102 valence electrons. The Kier molecular flexibility index (Phi) is 3.78. The second-order valence-corrected chi connectivity index (χ2v) is 5.12. The van der Waals surface area contributed by atoms with Crippen LogP contribution in [0.4, 0.5) is 5.82 Å². The maximum atomic E-state index is 5.28. The van der Waals surface area contributed by atoms with Gasteiger partial charge in [0.05, 0.1) is 18.3 Å². The Labute approximate surface area is 121 Å². The van der Waals surface area contributed by atoms with Gasteiger partial charge in [-0.15, -0.1) is 11.3 Å². The Bertz CT molecular complexity index is 697. The van der Waals surface area contributed by atoms with Gasteiger partial charge in [0.2, 0.25) is 0 Å². The summed E-state index contributed by atoms with van der Waals surface area (Å²) in [5.74, 6) is 1.73. The van der Waals surface area contributed by atoms with Crippen molar-refractivity contribution in [2.24, 2.45) is 0 Å². The average Bonchev–Trinajstić information content (AvgIpc) is 3.00. The molecule has 0 fully saturated rings. The molecule has 0 amide bonds. The minimum atomic E-state index is 0.813. The number of benzene rings is 1. The molecule has 5 heteroatoms. The number of thiazole rings is 1. The number of methoxy groups -OCH3 is 1. The third-order valence-corrected chi connectivity index (χ3v) is 3.77. The minimum Gasteiger partial charge on any atom is -0.497 e. The van der Waals surface area contributed by atoms with Crippen molar-refractivity contribution in [1.29, 1.82) is 0 Å². The second-order valence-electron chi connectivity index (χ2n) is 4.40. The van der Waals surface area contributed by atoms with E-state index in [0.717, 1.165) is 41.0 Å². The highest BCUT2D eigenvalue weighted by molar-refractivity contribution is 7.07. The van der Waals surface area contributed by atoms with Gasteiger partial charge < -0.3 is 10.1 Å². The first-order valence-corrected chi connectivity index (χ1v) is 7.35. The summed E-state index contributed by atoms with van der Waals surface area (Å²) in [6.45, 7) is 0.813. The molecule has 3 aromatic rings. The zero-order chi connectivity index (χ0) is 13.8. The van der Waals surface area contributed by atoms with Gasteiger partial charge in [0.1, 0.15) is 11.6 Å². The summed E-state index contributed by atoms with van der Waals surface area (Å²) in [5, 5.41) is 7.67. The van der Waals surface area contributed by atoms with Crippen molar-refractivity contribution in [3.8, 4) is 5.75 Å². The van der Waals surface area contributed by atoms with Crippen LogP contribution in [-0.4, -0.2) is 23.6 Å². The zero-order valence-electron chi connectivity index (χ0n) is 11.2. The van der Waals surface area contributed by atoms with E-state index in [1.807, 2.05) is 36.0 Å². The van der Waals surface area contributed by atoms with Crippen LogP contribution < -0.4 is 10.1 Å². The minimum absolute atomic E-state index is 0.813. The fraction of sp³-hybridized carbons (Fsp3) is 0.200. The highest BCUT2D eigenvalue weighted by Gasteiger charge is 2.04. The zero-order valence-corrected chi connectivity index (χ0v) is 12.0. The molecule has 0 aliphatic rings. The number of ether oxygens (including phenoxy) is 1. The molecule has 20 heavy (non-hydrogen) atoms. The van der Waals surface area contributed by atoms with Gasteiger partial charge in [-0.2, -0.15) is 0 Å². The van der Waals surface area contributed by atoms with Gasteiger partial charge >= 0.3 is 0 Å². The van der Waals surface area contributed by atoms with Crippen LogP contribution in [0.15, 0.2) is 41.4 Å². The molecule has 1 aromatic carbocycles. The SMILES string of the molecule is COc1ccc2ccnc(NCCc3cscn3)c2c1. The molecule has 0 radical (unpaired) electrons. The first kappa shape index (κ1) is 12.9. The first-order valence-electron chi connectivity index (χ1n) is 6.40. The number of aromatic nitrogens is 2. The Morgan fingerprint density at radius 3 is 3.00 bits per heavy atom. The molecule has 2 heterocycles. The standard InChI is InChI=1S/C15H15N3OS/c1-19-13-3-2-11-4-6-16-15(14(11)8-13)17-7-5-12-9-20-10-18-12/h2-4,6,8-10H,5,7H2,1H3,(H,16,17). The summed E-state index contributed by atoms with van der Waals surface area (Å²) in [5.41, 5.74) is 2.97. The van der Waals surface area contributed by atoms with E-state index in [2.05, 4.69) is 20.7 Å². The molecule has 0 bridgehead atoms. The molecule has 0 spiro atoms. The van der Waals surface area contributed by atoms with Crippen LogP contribution in [0.3, 0.4) is 0 Å².